The molecule has 3 fully saturated rings. The van der Waals surface area contributed by atoms with Gasteiger partial charge in [-0.1, -0.05) is 12.8 Å². The average molecular weight is 236 g/mol. The molecule has 3 aliphatic rings. The molecule has 1 heterocycles. The van der Waals surface area contributed by atoms with Crippen LogP contribution in [0.2, 0.25) is 0 Å². The molecule has 2 nitrogen and oxygen atoms in total. The van der Waals surface area contributed by atoms with Crippen molar-refractivity contribution in [2.75, 3.05) is 19.6 Å². The van der Waals surface area contributed by atoms with E-state index in [1.165, 1.54) is 77.4 Å². The van der Waals surface area contributed by atoms with Crippen molar-refractivity contribution in [1.82, 2.24) is 10.2 Å². The third-order valence-corrected chi connectivity index (χ3v) is 5.01. The smallest absolute Gasteiger partial charge is 0.0124 e. The van der Waals surface area contributed by atoms with E-state index in [1.807, 2.05) is 0 Å². The summed E-state index contributed by atoms with van der Waals surface area (Å²) < 4.78 is 0. The molecule has 2 unspecified atom stereocenters. The zero-order valence-electron chi connectivity index (χ0n) is 11.2. The summed E-state index contributed by atoms with van der Waals surface area (Å²) in [4.78, 5) is 2.81. The molecule has 0 radical (unpaired) electrons. The fourth-order valence-corrected chi connectivity index (χ4v) is 3.81. The molecule has 2 saturated carbocycles. The van der Waals surface area contributed by atoms with Crippen molar-refractivity contribution < 1.29 is 0 Å². The third-order valence-electron chi connectivity index (χ3n) is 5.01. The van der Waals surface area contributed by atoms with E-state index in [2.05, 4.69) is 10.2 Å². The van der Waals surface area contributed by atoms with Gasteiger partial charge in [0, 0.05) is 12.1 Å². The van der Waals surface area contributed by atoms with Crippen LogP contribution in [0.5, 0.6) is 0 Å². The van der Waals surface area contributed by atoms with Crippen LogP contribution in [0.3, 0.4) is 0 Å². The van der Waals surface area contributed by atoms with Crippen LogP contribution in [0.1, 0.15) is 57.8 Å². The van der Waals surface area contributed by atoms with Crippen molar-refractivity contribution in [2.45, 2.75) is 69.9 Å². The van der Waals surface area contributed by atoms with Crippen LogP contribution in [-0.4, -0.2) is 36.6 Å². The Kier molecular flexibility index (Phi) is 4.02. The predicted molar refractivity (Wildman–Crippen MR) is 72.2 cm³/mol. The van der Waals surface area contributed by atoms with Crippen LogP contribution in [0.25, 0.3) is 0 Å². The summed E-state index contributed by atoms with van der Waals surface area (Å²) in [6, 6.07) is 1.87. The molecule has 0 aromatic carbocycles. The number of hydrogen-bond acceptors (Lipinski definition) is 2. The van der Waals surface area contributed by atoms with E-state index in [-0.39, 0.29) is 0 Å². The van der Waals surface area contributed by atoms with Crippen molar-refractivity contribution >= 4 is 0 Å². The molecular formula is C15H28N2. The Hall–Kier alpha value is -0.0800. The lowest BCUT2D eigenvalue weighted by atomic mass is 9.85. The molecule has 2 atom stereocenters. The van der Waals surface area contributed by atoms with Gasteiger partial charge < -0.3 is 10.2 Å². The Morgan fingerprint density at radius 3 is 2.71 bits per heavy atom. The molecule has 2 heteroatoms. The molecule has 17 heavy (non-hydrogen) atoms. The van der Waals surface area contributed by atoms with Crippen molar-refractivity contribution in [1.29, 1.82) is 0 Å². The van der Waals surface area contributed by atoms with E-state index in [9.17, 15) is 0 Å². The second-order valence-corrected chi connectivity index (χ2v) is 6.37. The maximum atomic E-state index is 3.62. The summed E-state index contributed by atoms with van der Waals surface area (Å²) >= 11 is 0. The van der Waals surface area contributed by atoms with E-state index < -0.39 is 0 Å². The van der Waals surface area contributed by atoms with E-state index in [1.54, 1.807) is 0 Å². The number of nitrogens with one attached hydrogen (secondary N) is 1. The summed E-state index contributed by atoms with van der Waals surface area (Å²) in [5, 5.41) is 3.62. The molecule has 1 aliphatic heterocycles. The molecule has 0 aromatic heterocycles. The number of fused-ring (bicyclic) bond motifs is 1. The van der Waals surface area contributed by atoms with Gasteiger partial charge in [0.1, 0.15) is 0 Å². The van der Waals surface area contributed by atoms with E-state index in [0.29, 0.717) is 0 Å². The lowest BCUT2D eigenvalue weighted by Gasteiger charge is -2.31. The molecule has 0 aromatic rings. The SMILES string of the molecule is C(CCN1CCC2CCCCC21)CNC1CC1. The molecule has 0 amide bonds. The van der Waals surface area contributed by atoms with E-state index in [0.717, 1.165) is 18.0 Å². The predicted octanol–water partition coefficient (Wildman–Crippen LogP) is 2.78. The van der Waals surface area contributed by atoms with Gasteiger partial charge in [-0.3, -0.25) is 0 Å². The van der Waals surface area contributed by atoms with Gasteiger partial charge >= 0.3 is 0 Å². The maximum absolute atomic E-state index is 3.62. The summed E-state index contributed by atoms with van der Waals surface area (Å²) in [6.07, 6.45) is 13.1. The fraction of sp³-hybridized carbons (Fsp3) is 1.00. The van der Waals surface area contributed by atoms with Gasteiger partial charge in [0.15, 0.2) is 0 Å². The Bertz CT molecular complexity index is 237. The second-order valence-electron chi connectivity index (χ2n) is 6.37. The molecule has 98 valence electrons. The maximum Gasteiger partial charge on any atom is 0.0124 e. The molecular weight excluding hydrogens is 208 g/mol. The molecule has 2 aliphatic carbocycles. The standard InChI is InChI=1S/C15H28N2/c1-2-6-15-13(5-1)9-12-17(15)11-4-3-10-16-14-7-8-14/h13-16H,1-12H2. The largest absolute Gasteiger partial charge is 0.314 e. The highest BCUT2D eigenvalue weighted by atomic mass is 15.2. The quantitative estimate of drug-likeness (QED) is 0.713. The van der Waals surface area contributed by atoms with Crippen molar-refractivity contribution in [3.05, 3.63) is 0 Å². The summed E-state index contributed by atoms with van der Waals surface area (Å²) in [6.45, 7) is 4.02. The molecule has 0 bridgehead atoms. The monoisotopic (exact) mass is 236 g/mol. The van der Waals surface area contributed by atoms with Gasteiger partial charge in [-0.2, -0.15) is 0 Å². The van der Waals surface area contributed by atoms with Gasteiger partial charge in [0.05, 0.1) is 0 Å². The van der Waals surface area contributed by atoms with Crippen LogP contribution in [0, 0.1) is 5.92 Å². The number of hydrogen-bond donors (Lipinski definition) is 1. The van der Waals surface area contributed by atoms with Crippen LogP contribution in [-0.2, 0) is 0 Å². The highest BCUT2D eigenvalue weighted by Crippen LogP contribution is 2.36. The second kappa shape index (κ2) is 5.71. The van der Waals surface area contributed by atoms with E-state index in [4.69, 9.17) is 0 Å². The van der Waals surface area contributed by atoms with Gasteiger partial charge in [-0.25, -0.2) is 0 Å². The van der Waals surface area contributed by atoms with Crippen LogP contribution >= 0.6 is 0 Å². The topological polar surface area (TPSA) is 15.3 Å². The molecule has 0 spiro atoms. The minimum atomic E-state index is 0.893. The van der Waals surface area contributed by atoms with Crippen molar-refractivity contribution in [2.24, 2.45) is 5.92 Å². The number of unbranched alkanes of at least 4 members (excludes halogenated alkanes) is 1. The molecule has 1 N–H and O–H groups in total. The third kappa shape index (κ3) is 3.23. The summed E-state index contributed by atoms with van der Waals surface area (Å²) in [5.41, 5.74) is 0. The zero-order chi connectivity index (χ0) is 11.5. The normalized spacial score (nSPS) is 33.9. The average Bonchev–Trinajstić information content (AvgIpc) is 3.09. The Labute approximate surface area is 106 Å². The fourth-order valence-electron chi connectivity index (χ4n) is 3.81. The van der Waals surface area contributed by atoms with Gasteiger partial charge in [-0.15, -0.1) is 0 Å². The zero-order valence-corrected chi connectivity index (χ0v) is 11.2. The number of rotatable bonds is 6. The lowest BCUT2D eigenvalue weighted by Crippen LogP contribution is -2.35. The van der Waals surface area contributed by atoms with Crippen LogP contribution < -0.4 is 5.32 Å². The van der Waals surface area contributed by atoms with E-state index >= 15 is 0 Å². The highest BCUT2D eigenvalue weighted by molar-refractivity contribution is 4.89. The van der Waals surface area contributed by atoms with Gasteiger partial charge in [0.2, 0.25) is 0 Å². The Morgan fingerprint density at radius 2 is 1.82 bits per heavy atom. The van der Waals surface area contributed by atoms with Crippen molar-refractivity contribution in [3.8, 4) is 0 Å². The summed E-state index contributed by atoms with van der Waals surface area (Å²) in [7, 11) is 0. The van der Waals surface area contributed by atoms with Gasteiger partial charge in [0.25, 0.3) is 0 Å². The first-order valence-electron chi connectivity index (χ1n) is 7.91. The highest BCUT2D eigenvalue weighted by Gasteiger charge is 2.34. The summed E-state index contributed by atoms with van der Waals surface area (Å²) in [5.74, 6) is 1.06. The lowest BCUT2D eigenvalue weighted by molar-refractivity contribution is 0.180. The molecule has 1 saturated heterocycles. The minimum Gasteiger partial charge on any atom is -0.314 e. The van der Waals surface area contributed by atoms with Crippen LogP contribution in [0.4, 0.5) is 0 Å². The molecule has 3 rings (SSSR count). The first-order chi connectivity index (χ1) is 8.43. The minimum absolute atomic E-state index is 0.893. The van der Waals surface area contributed by atoms with Gasteiger partial charge in [-0.05, 0) is 70.5 Å². The Balaban J connectivity index is 1.31. The van der Waals surface area contributed by atoms with Crippen LogP contribution in [0.15, 0.2) is 0 Å². The van der Waals surface area contributed by atoms with Crippen molar-refractivity contribution in [3.63, 3.8) is 0 Å². The first-order valence-corrected chi connectivity index (χ1v) is 7.91. The first kappa shape index (κ1) is 12.0. The number of nitrogens with zero attached hydrogens (tertiary/aromatic N) is 1. The Morgan fingerprint density at radius 1 is 0.941 bits per heavy atom. The number of likely N-dealkylation sites (tertiary alicyclic amines) is 1.